The fraction of sp³-hybridized carbons (Fsp3) is 0.462. The van der Waals surface area contributed by atoms with Gasteiger partial charge in [0, 0.05) is 25.1 Å². The molecule has 0 amide bonds. The standard InChI is InChI=1S/C13H19N2P/c1-13(2,3)16(11-7-5-6-8-11)12-14-9-10-15(12)4/h5-11H,1-4H3. The van der Waals surface area contributed by atoms with Crippen molar-refractivity contribution < 1.29 is 0 Å². The van der Waals surface area contributed by atoms with Crippen LogP contribution in [0.1, 0.15) is 20.8 Å². The van der Waals surface area contributed by atoms with Gasteiger partial charge >= 0.3 is 0 Å². The molecule has 3 heteroatoms. The van der Waals surface area contributed by atoms with E-state index in [9.17, 15) is 0 Å². The van der Waals surface area contributed by atoms with Crippen molar-refractivity contribution in [3.05, 3.63) is 36.7 Å². The Morgan fingerprint density at radius 3 is 2.31 bits per heavy atom. The SMILES string of the molecule is Cn1ccnc1P(C1C=CC=C1)C(C)(C)C. The number of nitrogens with zero attached hydrogens (tertiary/aromatic N) is 2. The Kier molecular flexibility index (Phi) is 3.03. The van der Waals surface area contributed by atoms with Gasteiger partial charge in [0.05, 0.1) is 0 Å². The summed E-state index contributed by atoms with van der Waals surface area (Å²) < 4.78 is 2.16. The van der Waals surface area contributed by atoms with E-state index in [2.05, 4.69) is 61.7 Å². The highest BCUT2D eigenvalue weighted by molar-refractivity contribution is 7.67. The summed E-state index contributed by atoms with van der Waals surface area (Å²) in [6.45, 7) is 6.94. The molecule has 1 atom stereocenters. The molecule has 0 saturated carbocycles. The zero-order valence-electron chi connectivity index (χ0n) is 10.4. The van der Waals surface area contributed by atoms with Crippen LogP contribution < -0.4 is 5.57 Å². The number of aryl methyl sites for hydroxylation is 1. The Balaban J connectivity index is 2.40. The Bertz CT molecular complexity index is 411. The average Bonchev–Trinajstić information content (AvgIpc) is 2.77. The van der Waals surface area contributed by atoms with Crippen LogP contribution in [0.15, 0.2) is 36.7 Å². The van der Waals surface area contributed by atoms with Gasteiger partial charge in [-0.2, -0.15) is 0 Å². The highest BCUT2D eigenvalue weighted by Gasteiger charge is 2.34. The minimum Gasteiger partial charge on any atom is -0.334 e. The van der Waals surface area contributed by atoms with Crippen LogP contribution in [0.2, 0.25) is 0 Å². The lowest BCUT2D eigenvalue weighted by Gasteiger charge is -2.33. The first-order valence-electron chi connectivity index (χ1n) is 5.62. The second-order valence-electron chi connectivity index (χ2n) is 5.14. The van der Waals surface area contributed by atoms with Crippen molar-refractivity contribution in [3.8, 4) is 0 Å². The predicted molar refractivity (Wildman–Crippen MR) is 71.6 cm³/mol. The van der Waals surface area contributed by atoms with Crippen molar-refractivity contribution in [3.63, 3.8) is 0 Å². The molecule has 0 fully saturated rings. The Morgan fingerprint density at radius 1 is 1.25 bits per heavy atom. The molecule has 0 saturated heterocycles. The van der Waals surface area contributed by atoms with Crippen molar-refractivity contribution in [1.82, 2.24) is 9.55 Å². The molecule has 86 valence electrons. The number of aromatic nitrogens is 2. The van der Waals surface area contributed by atoms with Gasteiger partial charge in [0.25, 0.3) is 0 Å². The van der Waals surface area contributed by atoms with E-state index >= 15 is 0 Å². The van der Waals surface area contributed by atoms with Crippen LogP contribution in [0.25, 0.3) is 0 Å². The third kappa shape index (κ3) is 2.12. The molecule has 2 nitrogen and oxygen atoms in total. The minimum atomic E-state index is -0.303. The summed E-state index contributed by atoms with van der Waals surface area (Å²) in [4.78, 5) is 4.55. The summed E-state index contributed by atoms with van der Waals surface area (Å²) in [6, 6.07) is 0. The van der Waals surface area contributed by atoms with E-state index < -0.39 is 0 Å². The normalized spacial score (nSPS) is 18.2. The van der Waals surface area contributed by atoms with Crippen LogP contribution in [0.3, 0.4) is 0 Å². The van der Waals surface area contributed by atoms with E-state index in [0.29, 0.717) is 5.66 Å². The van der Waals surface area contributed by atoms with Crippen LogP contribution in [0.4, 0.5) is 0 Å². The first-order chi connectivity index (χ1) is 7.50. The molecule has 0 N–H and O–H groups in total. The monoisotopic (exact) mass is 234 g/mol. The quantitative estimate of drug-likeness (QED) is 0.719. The van der Waals surface area contributed by atoms with Crippen LogP contribution in [0, 0.1) is 0 Å². The number of hydrogen-bond acceptors (Lipinski definition) is 1. The second-order valence-corrected chi connectivity index (χ2v) is 8.22. The first-order valence-corrected chi connectivity index (χ1v) is 7.03. The molecule has 1 aromatic rings. The maximum absolute atomic E-state index is 4.55. The molecule has 1 aromatic heterocycles. The minimum absolute atomic E-state index is 0.276. The largest absolute Gasteiger partial charge is 0.334 e. The third-order valence-electron chi connectivity index (χ3n) is 2.76. The second kappa shape index (κ2) is 4.18. The first kappa shape index (κ1) is 11.6. The van der Waals surface area contributed by atoms with Crippen LogP contribution in [-0.4, -0.2) is 20.4 Å². The number of imidazole rings is 1. The summed E-state index contributed by atoms with van der Waals surface area (Å²) in [5.74, 6) is 0. The fourth-order valence-corrected chi connectivity index (χ4v) is 4.96. The van der Waals surface area contributed by atoms with E-state index in [4.69, 9.17) is 0 Å². The fourth-order valence-electron chi connectivity index (χ4n) is 2.06. The topological polar surface area (TPSA) is 17.8 Å². The molecule has 16 heavy (non-hydrogen) atoms. The number of hydrogen-bond donors (Lipinski definition) is 0. The summed E-state index contributed by atoms with van der Waals surface area (Å²) in [5.41, 5.74) is 1.78. The smallest absolute Gasteiger partial charge is 0.132 e. The maximum atomic E-state index is 4.55. The van der Waals surface area contributed by atoms with Crippen molar-refractivity contribution in [1.29, 1.82) is 0 Å². The third-order valence-corrected chi connectivity index (χ3v) is 6.01. The molecule has 0 bridgehead atoms. The molecule has 0 radical (unpaired) electrons. The summed E-state index contributed by atoms with van der Waals surface area (Å²) in [7, 11) is 1.79. The van der Waals surface area contributed by atoms with Gasteiger partial charge in [0.15, 0.2) is 0 Å². The van der Waals surface area contributed by atoms with E-state index in [0.717, 1.165) is 0 Å². The van der Waals surface area contributed by atoms with Gasteiger partial charge in [-0.1, -0.05) is 45.1 Å². The molecule has 0 aliphatic heterocycles. The lowest BCUT2D eigenvalue weighted by Crippen LogP contribution is -2.29. The van der Waals surface area contributed by atoms with Gasteiger partial charge in [-0.05, 0) is 13.1 Å². The Labute approximate surface area is 98.8 Å². The average molecular weight is 234 g/mol. The Morgan fingerprint density at radius 2 is 1.88 bits per heavy atom. The van der Waals surface area contributed by atoms with E-state index in [1.807, 2.05) is 12.4 Å². The molecular weight excluding hydrogens is 215 g/mol. The number of allylic oxidation sites excluding steroid dienone is 4. The van der Waals surface area contributed by atoms with Crippen molar-refractivity contribution in [2.24, 2.45) is 7.05 Å². The molecule has 1 heterocycles. The Hall–Kier alpha value is -0.880. The van der Waals surface area contributed by atoms with Gasteiger partial charge in [-0.25, -0.2) is 4.98 Å². The molecule has 1 unspecified atom stereocenters. The highest BCUT2D eigenvalue weighted by atomic mass is 31.1. The van der Waals surface area contributed by atoms with Gasteiger partial charge < -0.3 is 4.57 Å². The van der Waals surface area contributed by atoms with E-state index in [1.54, 1.807) is 0 Å². The van der Waals surface area contributed by atoms with Crippen molar-refractivity contribution in [2.75, 3.05) is 0 Å². The highest BCUT2D eigenvalue weighted by Crippen LogP contribution is 2.53. The summed E-state index contributed by atoms with van der Waals surface area (Å²) in [6.07, 6.45) is 12.8. The summed E-state index contributed by atoms with van der Waals surface area (Å²) in [5, 5.41) is 0.276. The van der Waals surface area contributed by atoms with Crippen LogP contribution in [0.5, 0.6) is 0 Å². The molecule has 1 aliphatic rings. The van der Waals surface area contributed by atoms with Gasteiger partial charge in [-0.3, -0.25) is 0 Å². The molecular formula is C13H19N2P. The lowest BCUT2D eigenvalue weighted by molar-refractivity contribution is 0.779. The van der Waals surface area contributed by atoms with Crippen LogP contribution >= 0.6 is 7.92 Å². The molecule has 0 aromatic carbocycles. The number of rotatable bonds is 2. The van der Waals surface area contributed by atoms with Gasteiger partial charge in [-0.15, -0.1) is 0 Å². The van der Waals surface area contributed by atoms with Crippen LogP contribution in [-0.2, 0) is 7.05 Å². The van der Waals surface area contributed by atoms with Gasteiger partial charge in [0.1, 0.15) is 5.57 Å². The predicted octanol–water partition coefficient (Wildman–Crippen LogP) is 2.82. The maximum Gasteiger partial charge on any atom is 0.132 e. The van der Waals surface area contributed by atoms with Gasteiger partial charge in [0.2, 0.25) is 0 Å². The van der Waals surface area contributed by atoms with Crippen molar-refractivity contribution in [2.45, 2.75) is 31.6 Å². The van der Waals surface area contributed by atoms with Crippen molar-refractivity contribution >= 4 is 13.5 Å². The molecule has 2 rings (SSSR count). The van der Waals surface area contributed by atoms with E-state index in [1.165, 1.54) is 5.57 Å². The lowest BCUT2D eigenvalue weighted by atomic mass is 10.3. The molecule has 0 spiro atoms. The summed E-state index contributed by atoms with van der Waals surface area (Å²) >= 11 is 0. The van der Waals surface area contributed by atoms with E-state index in [-0.39, 0.29) is 13.1 Å². The zero-order valence-corrected chi connectivity index (χ0v) is 11.3. The molecule has 1 aliphatic carbocycles. The zero-order chi connectivity index (χ0) is 11.8.